The second kappa shape index (κ2) is 8.43. The molecule has 2 aliphatic heterocycles. The van der Waals surface area contributed by atoms with E-state index in [1.165, 1.54) is 0 Å². The molecule has 2 aliphatic rings. The van der Waals surface area contributed by atoms with Gasteiger partial charge in [-0.15, -0.1) is 0 Å². The van der Waals surface area contributed by atoms with Crippen molar-refractivity contribution in [2.24, 2.45) is 0 Å². The normalized spacial score (nSPS) is 20.1. The zero-order valence-corrected chi connectivity index (χ0v) is 19.3. The van der Waals surface area contributed by atoms with Gasteiger partial charge in [-0.25, -0.2) is 4.79 Å². The number of urea groups is 1. The van der Waals surface area contributed by atoms with E-state index < -0.39 is 36.0 Å². The van der Waals surface area contributed by atoms with Gasteiger partial charge in [-0.1, -0.05) is 42.5 Å². The predicted molar refractivity (Wildman–Crippen MR) is 129 cm³/mol. The molecule has 5 amide bonds. The summed E-state index contributed by atoms with van der Waals surface area (Å²) in [5.41, 5.74) is 0.634. The molecule has 1 saturated heterocycles. The topological polar surface area (TPSA) is 117 Å². The Morgan fingerprint density at radius 1 is 1.09 bits per heavy atom. The molecule has 0 radical (unpaired) electrons. The van der Waals surface area contributed by atoms with Crippen LogP contribution in [0.3, 0.4) is 0 Å². The van der Waals surface area contributed by atoms with Crippen molar-refractivity contribution < 1.29 is 23.9 Å². The average molecular weight is 473 g/mol. The molecule has 2 atom stereocenters. The van der Waals surface area contributed by atoms with Crippen molar-refractivity contribution in [3.8, 4) is 5.75 Å². The minimum atomic E-state index is -1.27. The van der Waals surface area contributed by atoms with Crippen LogP contribution in [-0.4, -0.2) is 41.8 Å². The van der Waals surface area contributed by atoms with E-state index in [0.29, 0.717) is 17.0 Å². The quantitative estimate of drug-likeness (QED) is 0.494. The molecule has 0 aliphatic carbocycles. The number of nitrogens with zero attached hydrogens (tertiary/aromatic N) is 1. The fourth-order valence-electron chi connectivity index (χ4n) is 4.42. The number of nitrogens with one attached hydrogen (secondary N) is 3. The number of benzene rings is 3. The number of amides is 5. The summed E-state index contributed by atoms with van der Waals surface area (Å²) in [6.45, 7) is 2.96. The van der Waals surface area contributed by atoms with Crippen LogP contribution in [0.4, 0.5) is 10.5 Å². The van der Waals surface area contributed by atoms with Gasteiger partial charge in [0.2, 0.25) is 5.91 Å². The molecule has 9 nitrogen and oxygen atoms in total. The Hall–Kier alpha value is -4.40. The Bertz CT molecular complexity index is 1390. The van der Waals surface area contributed by atoms with Crippen LogP contribution in [0.1, 0.15) is 31.0 Å². The molecular weight excluding hydrogens is 448 g/mol. The van der Waals surface area contributed by atoms with Gasteiger partial charge in [0.1, 0.15) is 17.8 Å². The summed E-state index contributed by atoms with van der Waals surface area (Å²) in [7, 11) is 0. The van der Waals surface area contributed by atoms with Gasteiger partial charge in [0.15, 0.2) is 6.61 Å². The number of anilines is 1. The minimum absolute atomic E-state index is 0.0390. The molecule has 9 heteroatoms. The summed E-state index contributed by atoms with van der Waals surface area (Å²) in [4.78, 5) is 51.2. The maximum atomic E-state index is 13.3. The monoisotopic (exact) mass is 472 g/mol. The lowest BCUT2D eigenvalue weighted by molar-refractivity contribution is -0.135. The lowest BCUT2D eigenvalue weighted by Gasteiger charge is -2.23. The zero-order chi connectivity index (χ0) is 24.7. The first-order chi connectivity index (χ1) is 16.7. The first-order valence-electron chi connectivity index (χ1n) is 11.2. The summed E-state index contributed by atoms with van der Waals surface area (Å²) in [5.74, 6) is -0.672. The van der Waals surface area contributed by atoms with Gasteiger partial charge in [0, 0.05) is 0 Å². The van der Waals surface area contributed by atoms with Gasteiger partial charge in [-0.3, -0.25) is 19.3 Å². The van der Waals surface area contributed by atoms with E-state index in [4.69, 9.17) is 4.74 Å². The van der Waals surface area contributed by atoms with Gasteiger partial charge in [-0.2, -0.15) is 0 Å². The molecule has 35 heavy (non-hydrogen) atoms. The summed E-state index contributed by atoms with van der Waals surface area (Å²) in [6, 6.07) is 17.5. The molecule has 3 aromatic rings. The predicted octanol–water partition coefficient (Wildman–Crippen LogP) is 2.82. The molecule has 5 rings (SSSR count). The van der Waals surface area contributed by atoms with Crippen LogP contribution in [0.2, 0.25) is 0 Å². The summed E-state index contributed by atoms with van der Waals surface area (Å²) < 4.78 is 5.36. The molecule has 0 bridgehead atoms. The van der Waals surface area contributed by atoms with Gasteiger partial charge in [-0.05, 0) is 53.9 Å². The number of hydrogen-bond acceptors (Lipinski definition) is 5. The highest BCUT2D eigenvalue weighted by Gasteiger charge is 2.49. The van der Waals surface area contributed by atoms with Crippen LogP contribution in [0, 0.1) is 0 Å². The first-order valence-corrected chi connectivity index (χ1v) is 11.2. The van der Waals surface area contributed by atoms with Crippen molar-refractivity contribution in [3.05, 3.63) is 71.8 Å². The third-order valence-electron chi connectivity index (χ3n) is 6.42. The molecule has 3 aromatic carbocycles. The van der Waals surface area contributed by atoms with Crippen molar-refractivity contribution in [2.75, 3.05) is 18.5 Å². The number of imide groups is 1. The van der Waals surface area contributed by atoms with Crippen LogP contribution < -0.4 is 20.7 Å². The molecule has 0 saturated carbocycles. The van der Waals surface area contributed by atoms with E-state index in [1.807, 2.05) is 42.5 Å². The molecule has 0 unspecified atom stereocenters. The van der Waals surface area contributed by atoms with Crippen molar-refractivity contribution in [1.82, 2.24) is 15.5 Å². The number of hydrogen-bond donors (Lipinski definition) is 3. The van der Waals surface area contributed by atoms with E-state index in [1.54, 1.807) is 32.0 Å². The smallest absolute Gasteiger partial charge is 0.325 e. The largest absolute Gasteiger partial charge is 0.482 e. The fourth-order valence-corrected chi connectivity index (χ4v) is 4.42. The molecular formula is C26H24N4O5. The first kappa shape index (κ1) is 22.4. The second-order valence-corrected chi connectivity index (χ2v) is 8.89. The van der Waals surface area contributed by atoms with Crippen molar-refractivity contribution in [1.29, 1.82) is 0 Å². The highest BCUT2D eigenvalue weighted by molar-refractivity contribution is 6.09. The number of rotatable bonds is 5. The second-order valence-electron chi connectivity index (χ2n) is 8.89. The Kier molecular flexibility index (Phi) is 5.39. The van der Waals surface area contributed by atoms with Crippen LogP contribution in [0.5, 0.6) is 5.75 Å². The summed E-state index contributed by atoms with van der Waals surface area (Å²) in [6.07, 6.45) is 0. The van der Waals surface area contributed by atoms with E-state index in [0.717, 1.165) is 21.2 Å². The molecule has 0 spiro atoms. The maximum Gasteiger partial charge on any atom is 0.325 e. The highest BCUT2D eigenvalue weighted by Crippen LogP contribution is 2.32. The standard InChI is InChI=1S/C26H24N4O5/c1-15(17-8-10-21-20(12-17)28-23(32)14-35-21)27-22(31)13-30-24(33)26(2,29-25(30)34)19-9-7-16-5-3-4-6-18(16)11-19/h3-12,15H,13-14H2,1-2H3,(H,27,31)(H,28,32)(H,29,34)/t15-,26+/m1/s1. The van der Waals surface area contributed by atoms with Gasteiger partial charge in [0.05, 0.1) is 11.7 Å². The van der Waals surface area contributed by atoms with Gasteiger partial charge in [0.25, 0.3) is 11.8 Å². The van der Waals surface area contributed by atoms with E-state index in [9.17, 15) is 19.2 Å². The Labute approximate surface area is 201 Å². The van der Waals surface area contributed by atoms with Gasteiger partial charge >= 0.3 is 6.03 Å². The maximum absolute atomic E-state index is 13.3. The van der Waals surface area contributed by atoms with E-state index in [2.05, 4.69) is 16.0 Å². The van der Waals surface area contributed by atoms with Crippen molar-refractivity contribution >= 4 is 40.2 Å². The molecule has 178 valence electrons. The Morgan fingerprint density at radius 2 is 1.86 bits per heavy atom. The summed E-state index contributed by atoms with van der Waals surface area (Å²) in [5, 5.41) is 10.3. The zero-order valence-electron chi connectivity index (χ0n) is 19.3. The van der Waals surface area contributed by atoms with Crippen molar-refractivity contribution in [2.45, 2.75) is 25.4 Å². The number of ether oxygens (including phenoxy) is 1. The van der Waals surface area contributed by atoms with E-state index in [-0.39, 0.29) is 12.5 Å². The third-order valence-corrected chi connectivity index (χ3v) is 6.42. The van der Waals surface area contributed by atoms with Crippen LogP contribution in [0.15, 0.2) is 60.7 Å². The lowest BCUT2D eigenvalue weighted by Crippen LogP contribution is -2.43. The number of carbonyl (C=O) groups is 4. The number of carbonyl (C=O) groups excluding carboxylic acids is 4. The van der Waals surface area contributed by atoms with E-state index >= 15 is 0 Å². The SMILES string of the molecule is C[C@@H](NC(=O)CN1C(=O)N[C@@](C)(c2ccc3ccccc3c2)C1=O)c1ccc2c(c1)NC(=O)CO2. The van der Waals surface area contributed by atoms with Crippen molar-refractivity contribution in [3.63, 3.8) is 0 Å². The van der Waals surface area contributed by atoms with Crippen LogP contribution in [0.25, 0.3) is 10.8 Å². The highest BCUT2D eigenvalue weighted by atomic mass is 16.5. The minimum Gasteiger partial charge on any atom is -0.482 e. The molecule has 0 aromatic heterocycles. The average Bonchev–Trinajstić information content (AvgIpc) is 3.06. The number of fused-ring (bicyclic) bond motifs is 2. The third kappa shape index (κ3) is 4.05. The summed E-state index contributed by atoms with van der Waals surface area (Å²) >= 11 is 0. The fraction of sp³-hybridized carbons (Fsp3) is 0.231. The van der Waals surface area contributed by atoms with Crippen LogP contribution >= 0.6 is 0 Å². The Morgan fingerprint density at radius 3 is 2.66 bits per heavy atom. The van der Waals surface area contributed by atoms with Gasteiger partial charge < -0.3 is 20.7 Å². The molecule has 1 fully saturated rings. The molecule has 3 N–H and O–H groups in total. The Balaban J connectivity index is 1.29. The lowest BCUT2D eigenvalue weighted by atomic mass is 9.90. The van der Waals surface area contributed by atoms with Crippen LogP contribution in [-0.2, 0) is 19.9 Å². The molecule has 2 heterocycles.